The number of nitrogens with two attached hydrogens (primary N) is 1. The maximum absolute atomic E-state index is 13.8. The molecule has 22 atom stereocenters. The van der Waals surface area contributed by atoms with Crippen LogP contribution in [0.2, 0.25) is 0 Å². The van der Waals surface area contributed by atoms with Crippen molar-refractivity contribution in [3.63, 3.8) is 0 Å². The van der Waals surface area contributed by atoms with Crippen molar-refractivity contribution in [2.75, 3.05) is 13.6 Å². The molecule has 464 valence electrons. The Labute approximate surface area is 475 Å². The molecule has 21 nitrogen and oxygen atoms in total. The van der Waals surface area contributed by atoms with Crippen molar-refractivity contribution in [2.45, 2.75) is 250 Å². The Morgan fingerprint density at radius 2 is 1.43 bits per heavy atom. The van der Waals surface area contributed by atoms with Crippen LogP contribution in [0.3, 0.4) is 0 Å². The van der Waals surface area contributed by atoms with E-state index in [1.54, 1.807) is 66.8 Å². The Morgan fingerprint density at radius 1 is 0.787 bits per heavy atom. The summed E-state index contributed by atoms with van der Waals surface area (Å²) in [6.07, 6.45) is -1.81. The highest BCUT2D eigenvalue weighted by Gasteiger charge is 2.50. The number of esters is 2. The van der Waals surface area contributed by atoms with Gasteiger partial charge in [0.15, 0.2) is 11.7 Å². The molecule has 21 heteroatoms. The summed E-state index contributed by atoms with van der Waals surface area (Å²) in [4.78, 5) is 41.7. The second kappa shape index (κ2) is 36.9. The average Bonchev–Trinajstić information content (AvgIpc) is 3.39. The van der Waals surface area contributed by atoms with Crippen LogP contribution in [0.4, 0.5) is 0 Å². The van der Waals surface area contributed by atoms with Crippen LogP contribution in [0.15, 0.2) is 41.4 Å². The number of aliphatic hydroxyl groups is 11. The lowest BCUT2D eigenvalue weighted by Gasteiger charge is -2.45. The molecule has 22 unspecified atom stereocenters. The summed E-state index contributed by atoms with van der Waals surface area (Å²) in [7, 11) is 1.63. The number of carbonyl (C=O) groups is 3. The summed E-state index contributed by atoms with van der Waals surface area (Å²) in [6.45, 7) is 14.8. The van der Waals surface area contributed by atoms with Crippen LogP contribution in [0.25, 0.3) is 0 Å². The molecular weight excluding hydrogens is 1040 g/mol. The molecule has 15 N–H and O–H groups in total. The number of allylic oxidation sites excluding steroid dienone is 4. The number of aliphatic carboxylic acids is 1. The molecule has 0 aliphatic carbocycles. The van der Waals surface area contributed by atoms with Gasteiger partial charge in [0, 0.05) is 63.5 Å². The van der Waals surface area contributed by atoms with Crippen molar-refractivity contribution in [1.29, 1.82) is 0 Å². The number of carbonyl (C=O) groups excluding carboxylic acids is 2. The van der Waals surface area contributed by atoms with E-state index in [4.69, 9.17) is 19.9 Å². The van der Waals surface area contributed by atoms with Crippen molar-refractivity contribution >= 4 is 23.9 Å². The van der Waals surface area contributed by atoms with Crippen LogP contribution in [0.5, 0.6) is 0 Å². The van der Waals surface area contributed by atoms with Gasteiger partial charge in [-0.25, -0.2) is 0 Å². The number of carboxylic acids is 1. The third-order valence-corrected chi connectivity index (χ3v) is 16.7. The van der Waals surface area contributed by atoms with Gasteiger partial charge in [-0.1, -0.05) is 91.3 Å². The molecule has 2 bridgehead atoms. The SMILES string of the molecule is CN=C(N)NCCCC=CCCCC(C)CC(C)C1CC=CC=CC(O)C(C)C(O)CC(O)CC(OC(=O)CC(=O)O)CC2CC(O)C(O)C(O)(CC(O)C(C)CCC(O)C(C)C(O)C(C)C(O)C(C)CCC(O)C(C)C(=O)O1)O2. The number of aliphatic hydroxyl groups excluding tert-OH is 10. The van der Waals surface area contributed by atoms with Gasteiger partial charge in [0.1, 0.15) is 24.7 Å². The highest BCUT2D eigenvalue weighted by atomic mass is 16.7. The Kier molecular flexibility index (Phi) is 33.4. The molecule has 0 saturated carbocycles. The minimum atomic E-state index is -2.54. The molecule has 0 spiro atoms. The smallest absolute Gasteiger partial charge is 0.317 e. The molecule has 0 amide bonds. The minimum Gasteiger partial charge on any atom is -0.481 e. The van der Waals surface area contributed by atoms with Gasteiger partial charge < -0.3 is 86.5 Å². The van der Waals surface area contributed by atoms with Crippen LogP contribution >= 0.6 is 0 Å². The molecule has 2 aliphatic heterocycles. The summed E-state index contributed by atoms with van der Waals surface area (Å²) >= 11 is 0. The number of hydrogen-bond acceptors (Lipinski definition) is 18. The van der Waals surface area contributed by atoms with Gasteiger partial charge >= 0.3 is 17.9 Å². The molecule has 0 aromatic rings. The Bertz CT molecular complexity index is 1910. The van der Waals surface area contributed by atoms with Gasteiger partial charge in [-0.2, -0.15) is 0 Å². The lowest BCUT2D eigenvalue weighted by molar-refractivity contribution is -0.333. The number of guanidine groups is 1. The zero-order chi connectivity index (χ0) is 60.4. The number of nitrogens with one attached hydrogen (secondary N) is 1. The van der Waals surface area contributed by atoms with Gasteiger partial charge in [-0.3, -0.25) is 19.4 Å². The maximum Gasteiger partial charge on any atom is 0.317 e. The maximum atomic E-state index is 13.8. The number of hydrogen-bond donors (Lipinski definition) is 14. The van der Waals surface area contributed by atoms with E-state index in [1.165, 1.54) is 6.08 Å². The van der Waals surface area contributed by atoms with Crippen molar-refractivity contribution in [2.24, 2.45) is 58.1 Å². The van der Waals surface area contributed by atoms with Gasteiger partial charge in [-0.15, -0.1) is 0 Å². The van der Waals surface area contributed by atoms with E-state index in [-0.39, 0.29) is 50.9 Å². The van der Waals surface area contributed by atoms with Crippen LogP contribution in [-0.4, -0.2) is 184 Å². The third kappa shape index (κ3) is 25.9. The molecule has 0 aromatic heterocycles. The number of nitrogens with zero attached hydrogens (tertiary/aromatic N) is 1. The largest absolute Gasteiger partial charge is 0.481 e. The fourth-order valence-electron chi connectivity index (χ4n) is 10.7. The number of ether oxygens (including phenoxy) is 3. The van der Waals surface area contributed by atoms with E-state index < -0.39 is 151 Å². The molecule has 2 rings (SSSR count). The first kappa shape index (κ1) is 72.5. The first-order valence-electron chi connectivity index (χ1n) is 29.3. The molecule has 1 fully saturated rings. The molecule has 0 aromatic carbocycles. The second-order valence-corrected chi connectivity index (χ2v) is 23.7. The molecule has 2 heterocycles. The monoisotopic (exact) mass is 1140 g/mol. The number of aliphatic imine (C=N–C) groups is 1. The molecular formula is C59H105N3O18. The standard InChI is InChI=1S/C59H105N3O18/c1-34(19-15-12-10-11-13-18-26-62-58(60)61-9)27-37(4)51-21-17-14-16-20-45(64)38(5)48(67)29-42(63)28-43(78-53(72)32-52(70)71)30-44-31-49(68)56(75)59(77,80-44)33-50(69)35(2)22-24-46(65)39(6)55(74)41(8)54(73)36(3)23-25-47(66)40(7)57(76)79-51/h10-11,14,16-17,20,34-51,54-56,63-69,73-75,77H,12-13,15,18-19,21-33H2,1-9H3,(H,70,71)(H3,60,61,62). The van der Waals surface area contributed by atoms with Gasteiger partial charge in [0.25, 0.3) is 0 Å². The highest BCUT2D eigenvalue weighted by molar-refractivity contribution is 5.90. The predicted molar refractivity (Wildman–Crippen MR) is 302 cm³/mol. The third-order valence-electron chi connectivity index (χ3n) is 16.7. The van der Waals surface area contributed by atoms with Gasteiger partial charge in [0.2, 0.25) is 0 Å². The quantitative estimate of drug-likeness (QED) is 0.0295. The van der Waals surface area contributed by atoms with Gasteiger partial charge in [0.05, 0.1) is 67.0 Å². The molecule has 0 radical (unpaired) electrons. The summed E-state index contributed by atoms with van der Waals surface area (Å²) in [5.74, 6) is -9.40. The minimum absolute atomic E-state index is 0.0796. The normalized spacial score (nSPS) is 37.9. The van der Waals surface area contributed by atoms with Crippen LogP contribution in [-0.2, 0) is 28.6 Å². The zero-order valence-corrected chi connectivity index (χ0v) is 49.2. The van der Waals surface area contributed by atoms with Crippen LogP contribution < -0.4 is 11.1 Å². The number of rotatable bonds is 14. The summed E-state index contributed by atoms with van der Waals surface area (Å²) < 4.78 is 17.5. The zero-order valence-electron chi connectivity index (χ0n) is 49.2. The van der Waals surface area contributed by atoms with Crippen LogP contribution in [0, 0.1) is 47.3 Å². The van der Waals surface area contributed by atoms with Crippen molar-refractivity contribution in [3.05, 3.63) is 36.5 Å². The molecule has 2 aliphatic rings. The fraction of sp³-hybridized carbons (Fsp3) is 0.831. The Hall–Kier alpha value is -3.58. The van der Waals surface area contributed by atoms with Crippen molar-refractivity contribution < 1.29 is 89.9 Å². The highest BCUT2D eigenvalue weighted by Crippen LogP contribution is 2.37. The fourth-order valence-corrected chi connectivity index (χ4v) is 10.7. The number of unbranched alkanes of at least 4 members (excludes halogenated alkanes) is 2. The molecule has 80 heavy (non-hydrogen) atoms. The van der Waals surface area contributed by atoms with Crippen LogP contribution in [0.1, 0.15) is 165 Å². The van der Waals surface area contributed by atoms with E-state index >= 15 is 0 Å². The first-order chi connectivity index (χ1) is 37.5. The Morgan fingerprint density at radius 3 is 2.08 bits per heavy atom. The van der Waals surface area contributed by atoms with Crippen molar-refractivity contribution in [1.82, 2.24) is 5.32 Å². The second-order valence-electron chi connectivity index (χ2n) is 23.7. The first-order valence-corrected chi connectivity index (χ1v) is 29.3. The summed E-state index contributed by atoms with van der Waals surface area (Å²) in [6, 6.07) is 0. The van der Waals surface area contributed by atoms with E-state index in [0.29, 0.717) is 24.7 Å². The van der Waals surface area contributed by atoms with E-state index in [1.807, 2.05) is 6.92 Å². The lowest BCUT2D eigenvalue weighted by atomic mass is 9.79. The summed E-state index contributed by atoms with van der Waals surface area (Å²) in [5.41, 5.74) is 5.68. The Balaban J connectivity index is 2.40. The van der Waals surface area contributed by atoms with E-state index in [0.717, 1.165) is 45.1 Å². The molecule has 1 saturated heterocycles. The lowest BCUT2D eigenvalue weighted by Crippen LogP contribution is -2.60. The van der Waals surface area contributed by atoms with Crippen molar-refractivity contribution in [3.8, 4) is 0 Å². The number of carboxylic acid groups (broad SMARTS) is 1. The topological polar surface area (TPSA) is 372 Å². The number of cyclic esters (lactones) is 1. The summed E-state index contributed by atoms with van der Waals surface area (Å²) in [5, 5.41) is 136. The van der Waals surface area contributed by atoms with E-state index in [9.17, 15) is 75.7 Å². The van der Waals surface area contributed by atoms with Gasteiger partial charge in [-0.05, 0) is 94.8 Å². The van der Waals surface area contributed by atoms with E-state index in [2.05, 4.69) is 29.4 Å². The number of fused-ring (bicyclic) bond motifs is 2. The predicted octanol–water partition coefficient (Wildman–Crippen LogP) is 3.53. The average molecular weight is 1140 g/mol.